The van der Waals surface area contributed by atoms with Crippen LogP contribution in [0.2, 0.25) is 0 Å². The summed E-state index contributed by atoms with van der Waals surface area (Å²) in [6, 6.07) is 1.93. The van der Waals surface area contributed by atoms with Crippen molar-refractivity contribution < 1.29 is 4.79 Å². The van der Waals surface area contributed by atoms with Gasteiger partial charge in [0.05, 0.1) is 6.07 Å². The second-order valence-electron chi connectivity index (χ2n) is 2.12. The van der Waals surface area contributed by atoms with Crippen LogP contribution in [0, 0.1) is 11.3 Å². The second kappa shape index (κ2) is 22.4. The van der Waals surface area contributed by atoms with E-state index in [0.717, 1.165) is 0 Å². The fourth-order valence-corrected chi connectivity index (χ4v) is 0.112. The maximum Gasteiger partial charge on any atom is 0.244 e. The highest BCUT2D eigenvalue weighted by atomic mass is 16.1. The number of hydrogen-bond donors (Lipinski definition) is 0. The minimum absolute atomic E-state index is 0.144. The molecule has 0 aliphatic rings. The topological polar surface area (TPSA) is 53.2 Å². The molecule has 76 valence electrons. The van der Waals surface area contributed by atoms with Gasteiger partial charge in [-0.1, -0.05) is 34.1 Å². The first-order valence-electron chi connectivity index (χ1n) is 4.50. The van der Waals surface area contributed by atoms with Crippen molar-refractivity contribution >= 4 is 12.6 Å². The quantitative estimate of drug-likeness (QED) is 0.588. The molecule has 0 saturated heterocycles. The summed E-state index contributed by atoms with van der Waals surface area (Å²) in [5, 5.41) is 7.62. The van der Waals surface area contributed by atoms with Gasteiger partial charge < -0.3 is 0 Å². The number of aliphatic imine (C=N–C) groups is 1. The molecule has 1 amide bonds. The van der Waals surface area contributed by atoms with Crippen molar-refractivity contribution in [1.82, 2.24) is 0 Å². The highest BCUT2D eigenvalue weighted by molar-refractivity contribution is 5.80. The minimum atomic E-state index is -0.144. The molecule has 0 aromatic heterocycles. The predicted molar refractivity (Wildman–Crippen MR) is 56.7 cm³/mol. The number of carbonyl (C=O) groups excluding carboxylic acids is 1. The summed E-state index contributed by atoms with van der Waals surface area (Å²) in [6.45, 7) is 10.8. The SMILES string of the molecule is C=NC(=O)CC.CCC.CCC#N. The lowest BCUT2D eigenvalue weighted by Gasteiger charge is -1.75. The molecule has 3 heteroatoms. The summed E-state index contributed by atoms with van der Waals surface area (Å²) in [4.78, 5) is 13.1. The maximum atomic E-state index is 9.95. The van der Waals surface area contributed by atoms with Crippen molar-refractivity contribution in [3.8, 4) is 6.07 Å². The van der Waals surface area contributed by atoms with Gasteiger partial charge in [-0.25, -0.2) is 4.99 Å². The molecule has 0 aliphatic carbocycles. The molecule has 0 spiro atoms. The Bertz CT molecular complexity index is 147. The van der Waals surface area contributed by atoms with Crippen LogP contribution < -0.4 is 0 Å². The smallest absolute Gasteiger partial charge is 0.244 e. The molecular formula is C10H20N2O. The van der Waals surface area contributed by atoms with Gasteiger partial charge in [-0.15, -0.1) is 0 Å². The van der Waals surface area contributed by atoms with E-state index in [1.54, 1.807) is 6.92 Å². The summed E-state index contributed by atoms with van der Waals surface area (Å²) in [7, 11) is 0. The van der Waals surface area contributed by atoms with Crippen LogP contribution in [0.4, 0.5) is 0 Å². The van der Waals surface area contributed by atoms with E-state index in [1.807, 2.05) is 13.0 Å². The molecule has 0 aromatic rings. The molecule has 0 atom stereocenters. The number of hydrogen-bond acceptors (Lipinski definition) is 2. The van der Waals surface area contributed by atoms with Crippen LogP contribution in [0.1, 0.15) is 47.0 Å². The number of nitriles is 1. The Hall–Kier alpha value is -1.17. The van der Waals surface area contributed by atoms with Gasteiger partial charge in [-0.2, -0.15) is 5.26 Å². The first kappa shape index (κ1) is 17.8. The molecule has 13 heavy (non-hydrogen) atoms. The zero-order chi connectivity index (χ0) is 11.1. The normalized spacial score (nSPS) is 6.38. The molecule has 0 unspecified atom stereocenters. The van der Waals surface area contributed by atoms with Gasteiger partial charge in [0, 0.05) is 12.8 Å². The molecule has 0 fully saturated rings. The Morgan fingerprint density at radius 1 is 1.38 bits per heavy atom. The van der Waals surface area contributed by atoms with Crippen LogP contribution in [0.5, 0.6) is 0 Å². The molecule has 0 saturated carbocycles. The monoisotopic (exact) mass is 184 g/mol. The lowest BCUT2D eigenvalue weighted by molar-refractivity contribution is -0.117. The molecule has 3 nitrogen and oxygen atoms in total. The van der Waals surface area contributed by atoms with E-state index in [-0.39, 0.29) is 5.91 Å². The number of carbonyl (C=O) groups is 1. The summed E-state index contributed by atoms with van der Waals surface area (Å²) in [5.41, 5.74) is 0. The van der Waals surface area contributed by atoms with Crippen LogP contribution in [0.3, 0.4) is 0 Å². The van der Waals surface area contributed by atoms with E-state index in [4.69, 9.17) is 5.26 Å². The second-order valence-corrected chi connectivity index (χ2v) is 2.12. The number of amides is 1. The number of rotatable bonds is 1. The zero-order valence-electron chi connectivity index (χ0n) is 9.13. The third-order valence-electron chi connectivity index (χ3n) is 0.637. The molecule has 0 aliphatic heterocycles. The van der Waals surface area contributed by atoms with Gasteiger partial charge in [0.2, 0.25) is 5.91 Å². The molecule has 0 heterocycles. The maximum absolute atomic E-state index is 9.95. The van der Waals surface area contributed by atoms with E-state index in [2.05, 4.69) is 25.6 Å². The minimum Gasteiger partial charge on any atom is -0.273 e. The molecule has 0 radical (unpaired) electrons. The molecular weight excluding hydrogens is 164 g/mol. The van der Waals surface area contributed by atoms with Crippen molar-refractivity contribution in [2.24, 2.45) is 4.99 Å². The van der Waals surface area contributed by atoms with Crippen molar-refractivity contribution in [3.63, 3.8) is 0 Å². The van der Waals surface area contributed by atoms with E-state index in [1.165, 1.54) is 6.42 Å². The highest BCUT2D eigenvalue weighted by Gasteiger charge is 1.83. The lowest BCUT2D eigenvalue weighted by atomic mass is 10.5. The molecule has 0 rings (SSSR count). The van der Waals surface area contributed by atoms with Gasteiger partial charge in [-0.3, -0.25) is 4.79 Å². The average Bonchev–Trinajstić information content (AvgIpc) is 2.18. The van der Waals surface area contributed by atoms with E-state index in [9.17, 15) is 4.79 Å². The van der Waals surface area contributed by atoms with Crippen LogP contribution in [0.15, 0.2) is 4.99 Å². The Labute approximate surface area is 81.5 Å². The standard InChI is InChI=1S/C4H7NO.C3H5N.C3H8/c1-3-4(6)5-2;1-2-3-4;1-3-2/h2-3H2,1H3;2H2,1H3;3H2,1-2H3. The van der Waals surface area contributed by atoms with E-state index >= 15 is 0 Å². The van der Waals surface area contributed by atoms with Gasteiger partial charge >= 0.3 is 0 Å². The fourth-order valence-electron chi connectivity index (χ4n) is 0.112. The first-order valence-corrected chi connectivity index (χ1v) is 4.50. The fraction of sp³-hybridized carbons (Fsp3) is 0.700. The molecule has 0 bridgehead atoms. The summed E-state index contributed by atoms with van der Waals surface area (Å²) >= 11 is 0. The third kappa shape index (κ3) is 57.6. The van der Waals surface area contributed by atoms with Crippen molar-refractivity contribution in [2.45, 2.75) is 47.0 Å². The van der Waals surface area contributed by atoms with Crippen molar-refractivity contribution in [3.05, 3.63) is 0 Å². The Morgan fingerprint density at radius 3 is 1.69 bits per heavy atom. The number of nitrogens with zero attached hydrogens (tertiary/aromatic N) is 2. The van der Waals surface area contributed by atoms with Gasteiger partial charge in [-0.05, 0) is 6.72 Å². The largest absolute Gasteiger partial charge is 0.273 e. The predicted octanol–water partition coefficient (Wildman–Crippen LogP) is 2.96. The highest BCUT2D eigenvalue weighted by Crippen LogP contribution is 1.76. The Morgan fingerprint density at radius 2 is 1.69 bits per heavy atom. The Balaban J connectivity index is -0.000000125. The Kier molecular flexibility index (Phi) is 30.7. The third-order valence-corrected chi connectivity index (χ3v) is 0.637. The first-order chi connectivity index (χ1) is 6.14. The van der Waals surface area contributed by atoms with Crippen molar-refractivity contribution in [1.29, 1.82) is 5.26 Å². The van der Waals surface area contributed by atoms with E-state index in [0.29, 0.717) is 12.8 Å². The van der Waals surface area contributed by atoms with Crippen LogP contribution in [-0.4, -0.2) is 12.6 Å². The molecule has 0 aromatic carbocycles. The summed E-state index contributed by atoms with van der Waals surface area (Å²) in [6.07, 6.45) is 2.34. The van der Waals surface area contributed by atoms with E-state index < -0.39 is 0 Å². The van der Waals surface area contributed by atoms with Crippen LogP contribution in [0.25, 0.3) is 0 Å². The zero-order valence-corrected chi connectivity index (χ0v) is 9.13. The van der Waals surface area contributed by atoms with Gasteiger partial charge in [0.25, 0.3) is 0 Å². The lowest BCUT2D eigenvalue weighted by Crippen LogP contribution is -1.84. The molecule has 0 N–H and O–H groups in total. The summed E-state index contributed by atoms with van der Waals surface area (Å²) < 4.78 is 0. The summed E-state index contributed by atoms with van der Waals surface area (Å²) in [5.74, 6) is -0.144. The van der Waals surface area contributed by atoms with Gasteiger partial charge in [0.1, 0.15) is 0 Å². The van der Waals surface area contributed by atoms with Gasteiger partial charge in [0.15, 0.2) is 0 Å². The average molecular weight is 184 g/mol. The van der Waals surface area contributed by atoms with Crippen molar-refractivity contribution in [2.75, 3.05) is 0 Å². The van der Waals surface area contributed by atoms with Crippen LogP contribution in [-0.2, 0) is 4.79 Å². The van der Waals surface area contributed by atoms with Crippen LogP contribution >= 0.6 is 0 Å².